The van der Waals surface area contributed by atoms with E-state index in [0.717, 1.165) is 37.6 Å². The summed E-state index contributed by atoms with van der Waals surface area (Å²) in [4.78, 5) is 16.2. The lowest BCUT2D eigenvalue weighted by molar-refractivity contribution is -0.130. The van der Waals surface area contributed by atoms with E-state index in [1.165, 1.54) is 0 Å². The molecule has 114 valence electrons. The minimum atomic E-state index is 0.155. The number of nitrogens with zero attached hydrogens (tertiary/aromatic N) is 2. The Balaban J connectivity index is 1.84. The molecule has 5 heteroatoms. The summed E-state index contributed by atoms with van der Waals surface area (Å²) in [7, 11) is 1.67. The van der Waals surface area contributed by atoms with Crippen molar-refractivity contribution < 1.29 is 9.53 Å². The zero-order chi connectivity index (χ0) is 15.1. The van der Waals surface area contributed by atoms with Gasteiger partial charge in [-0.3, -0.25) is 4.79 Å². The van der Waals surface area contributed by atoms with E-state index in [1.54, 1.807) is 13.2 Å². The predicted octanol–water partition coefficient (Wildman–Crippen LogP) is 1.12. The number of piperazine rings is 1. The lowest BCUT2D eigenvalue weighted by Gasteiger charge is -2.36. The van der Waals surface area contributed by atoms with Gasteiger partial charge in [-0.05, 0) is 12.1 Å². The number of amides is 1. The molecule has 1 aromatic rings. The Kier molecular flexibility index (Phi) is 5.63. The Bertz CT molecular complexity index is 482. The number of hydrogen-bond donors (Lipinski definition) is 1. The SMILES string of the molecule is C=CCNCC(=O)N1CCN(c2cccc(OC)c2)CC1. The van der Waals surface area contributed by atoms with E-state index in [-0.39, 0.29) is 5.91 Å². The average molecular weight is 289 g/mol. The molecule has 21 heavy (non-hydrogen) atoms. The van der Waals surface area contributed by atoms with E-state index >= 15 is 0 Å². The molecule has 1 fully saturated rings. The topological polar surface area (TPSA) is 44.8 Å². The lowest BCUT2D eigenvalue weighted by atomic mass is 10.2. The highest BCUT2D eigenvalue weighted by molar-refractivity contribution is 5.78. The number of ether oxygens (including phenoxy) is 1. The number of carbonyl (C=O) groups is 1. The zero-order valence-corrected chi connectivity index (χ0v) is 12.5. The summed E-state index contributed by atoms with van der Waals surface area (Å²) in [5, 5.41) is 3.05. The van der Waals surface area contributed by atoms with Crippen LogP contribution in [0, 0.1) is 0 Å². The number of benzene rings is 1. The van der Waals surface area contributed by atoms with Crippen LogP contribution in [0.4, 0.5) is 5.69 Å². The Morgan fingerprint density at radius 1 is 1.38 bits per heavy atom. The van der Waals surface area contributed by atoms with Crippen LogP contribution in [0.2, 0.25) is 0 Å². The molecule has 0 bridgehead atoms. The van der Waals surface area contributed by atoms with Crippen LogP contribution in [-0.4, -0.2) is 57.2 Å². The van der Waals surface area contributed by atoms with Gasteiger partial charge >= 0.3 is 0 Å². The molecule has 2 rings (SSSR count). The van der Waals surface area contributed by atoms with Crippen LogP contribution in [0.3, 0.4) is 0 Å². The van der Waals surface area contributed by atoms with Gasteiger partial charge in [-0.15, -0.1) is 6.58 Å². The number of anilines is 1. The van der Waals surface area contributed by atoms with Crippen LogP contribution in [0.5, 0.6) is 5.75 Å². The first kappa shape index (κ1) is 15.4. The van der Waals surface area contributed by atoms with Gasteiger partial charge in [0.25, 0.3) is 0 Å². The second kappa shape index (κ2) is 7.69. The monoisotopic (exact) mass is 289 g/mol. The van der Waals surface area contributed by atoms with Crippen LogP contribution in [0.1, 0.15) is 0 Å². The average Bonchev–Trinajstić information content (AvgIpc) is 2.55. The van der Waals surface area contributed by atoms with Gasteiger partial charge in [0.15, 0.2) is 0 Å². The number of rotatable bonds is 6. The highest BCUT2D eigenvalue weighted by Gasteiger charge is 2.20. The third-order valence-electron chi connectivity index (χ3n) is 3.62. The molecule has 1 aliphatic heterocycles. The minimum Gasteiger partial charge on any atom is -0.497 e. The normalized spacial score (nSPS) is 14.9. The second-order valence-electron chi connectivity index (χ2n) is 4.99. The minimum absolute atomic E-state index is 0.155. The Hall–Kier alpha value is -2.01. The molecule has 0 radical (unpaired) electrons. The summed E-state index contributed by atoms with van der Waals surface area (Å²) in [6.07, 6.45) is 1.76. The smallest absolute Gasteiger partial charge is 0.236 e. The van der Waals surface area contributed by atoms with Crippen molar-refractivity contribution in [3.63, 3.8) is 0 Å². The number of carbonyl (C=O) groups excluding carboxylic acids is 1. The number of hydrogen-bond acceptors (Lipinski definition) is 4. The summed E-state index contributed by atoms with van der Waals surface area (Å²) < 4.78 is 5.25. The highest BCUT2D eigenvalue weighted by atomic mass is 16.5. The van der Waals surface area contributed by atoms with Crippen molar-refractivity contribution in [2.24, 2.45) is 0 Å². The molecule has 1 aromatic carbocycles. The number of nitrogens with one attached hydrogen (secondary N) is 1. The molecule has 1 heterocycles. The molecule has 1 amide bonds. The molecule has 1 aliphatic rings. The Morgan fingerprint density at radius 3 is 2.81 bits per heavy atom. The maximum absolute atomic E-state index is 12.0. The van der Waals surface area contributed by atoms with Gasteiger partial charge in [-0.1, -0.05) is 12.1 Å². The lowest BCUT2D eigenvalue weighted by Crippen LogP contribution is -2.50. The van der Waals surface area contributed by atoms with Crippen molar-refractivity contribution in [1.29, 1.82) is 0 Å². The fourth-order valence-electron chi connectivity index (χ4n) is 2.41. The van der Waals surface area contributed by atoms with E-state index in [9.17, 15) is 4.79 Å². The molecule has 0 aromatic heterocycles. The van der Waals surface area contributed by atoms with Crippen LogP contribution in [0.25, 0.3) is 0 Å². The molecular formula is C16H23N3O2. The molecule has 0 saturated carbocycles. The summed E-state index contributed by atoms with van der Waals surface area (Å²) in [6, 6.07) is 8.04. The Morgan fingerprint density at radius 2 is 2.14 bits per heavy atom. The molecular weight excluding hydrogens is 266 g/mol. The predicted molar refractivity (Wildman–Crippen MR) is 84.9 cm³/mol. The summed E-state index contributed by atoms with van der Waals surface area (Å²) in [5.74, 6) is 1.02. The van der Waals surface area contributed by atoms with E-state index in [4.69, 9.17) is 4.74 Å². The summed E-state index contributed by atoms with van der Waals surface area (Å²) in [6.45, 7) is 7.87. The molecule has 5 nitrogen and oxygen atoms in total. The first-order valence-corrected chi connectivity index (χ1v) is 7.23. The maximum atomic E-state index is 12.0. The third-order valence-corrected chi connectivity index (χ3v) is 3.62. The van der Waals surface area contributed by atoms with Crippen molar-refractivity contribution in [1.82, 2.24) is 10.2 Å². The largest absolute Gasteiger partial charge is 0.497 e. The van der Waals surface area contributed by atoms with Gasteiger partial charge in [0.05, 0.1) is 13.7 Å². The zero-order valence-electron chi connectivity index (χ0n) is 12.5. The third kappa shape index (κ3) is 4.23. The van der Waals surface area contributed by atoms with Crippen molar-refractivity contribution in [3.8, 4) is 5.75 Å². The standard InChI is InChI=1S/C16H23N3O2/c1-3-7-17-13-16(20)19-10-8-18(9-11-19)14-5-4-6-15(12-14)21-2/h3-6,12,17H,1,7-11,13H2,2H3. The van der Waals surface area contributed by atoms with Gasteiger partial charge in [-0.25, -0.2) is 0 Å². The van der Waals surface area contributed by atoms with Crippen molar-refractivity contribution in [3.05, 3.63) is 36.9 Å². The molecule has 0 atom stereocenters. The van der Waals surface area contributed by atoms with E-state index < -0.39 is 0 Å². The first-order valence-electron chi connectivity index (χ1n) is 7.23. The fourth-order valence-corrected chi connectivity index (χ4v) is 2.41. The van der Waals surface area contributed by atoms with Crippen LogP contribution >= 0.6 is 0 Å². The maximum Gasteiger partial charge on any atom is 0.236 e. The van der Waals surface area contributed by atoms with Crippen molar-refractivity contribution in [2.75, 3.05) is 51.3 Å². The molecule has 0 aliphatic carbocycles. The van der Waals surface area contributed by atoms with Gasteiger partial charge < -0.3 is 19.9 Å². The van der Waals surface area contributed by atoms with E-state index in [0.29, 0.717) is 13.1 Å². The summed E-state index contributed by atoms with van der Waals surface area (Å²) >= 11 is 0. The molecule has 1 saturated heterocycles. The Labute approximate surface area is 126 Å². The molecule has 0 unspecified atom stereocenters. The first-order chi connectivity index (χ1) is 10.2. The van der Waals surface area contributed by atoms with Crippen molar-refractivity contribution in [2.45, 2.75) is 0 Å². The summed E-state index contributed by atoms with van der Waals surface area (Å²) in [5.41, 5.74) is 1.14. The quantitative estimate of drug-likeness (QED) is 0.630. The molecule has 0 spiro atoms. The fraction of sp³-hybridized carbons (Fsp3) is 0.438. The van der Waals surface area contributed by atoms with Gasteiger partial charge in [-0.2, -0.15) is 0 Å². The highest BCUT2D eigenvalue weighted by Crippen LogP contribution is 2.22. The van der Waals surface area contributed by atoms with Crippen LogP contribution in [0.15, 0.2) is 36.9 Å². The van der Waals surface area contributed by atoms with Crippen LogP contribution in [-0.2, 0) is 4.79 Å². The van der Waals surface area contributed by atoms with Gasteiger partial charge in [0.1, 0.15) is 5.75 Å². The van der Waals surface area contributed by atoms with Crippen LogP contribution < -0.4 is 15.0 Å². The van der Waals surface area contributed by atoms with Gasteiger partial charge in [0.2, 0.25) is 5.91 Å². The number of methoxy groups -OCH3 is 1. The van der Waals surface area contributed by atoms with Crippen molar-refractivity contribution >= 4 is 11.6 Å². The second-order valence-corrected chi connectivity index (χ2v) is 4.99. The van der Waals surface area contributed by atoms with Gasteiger partial charge in [0, 0.05) is 44.5 Å². The van der Waals surface area contributed by atoms with E-state index in [2.05, 4.69) is 22.9 Å². The molecule has 1 N–H and O–H groups in total. The van der Waals surface area contributed by atoms with E-state index in [1.807, 2.05) is 23.1 Å².